The molecule has 2 heterocycles. The van der Waals surface area contributed by atoms with Crippen LogP contribution in [0.15, 0.2) is 28.7 Å². The van der Waals surface area contributed by atoms with Gasteiger partial charge in [-0.3, -0.25) is 4.79 Å². The lowest BCUT2D eigenvalue weighted by Crippen LogP contribution is -2.33. The number of para-hydroxylation sites is 2. The van der Waals surface area contributed by atoms with Crippen molar-refractivity contribution in [1.82, 2.24) is 10.2 Å². The maximum Gasteiger partial charge on any atom is 0.235 e. The number of nitrogens with zero attached hydrogens (tertiary/aromatic N) is 4. The van der Waals surface area contributed by atoms with Gasteiger partial charge >= 0.3 is 0 Å². The molecule has 1 aliphatic heterocycles. The van der Waals surface area contributed by atoms with Gasteiger partial charge in [0, 0.05) is 26.9 Å². The maximum atomic E-state index is 12.0. The van der Waals surface area contributed by atoms with Crippen molar-refractivity contribution >= 4 is 17.3 Å². The molecule has 0 N–H and O–H groups in total. The van der Waals surface area contributed by atoms with Crippen LogP contribution in [0.4, 0.5) is 11.4 Å². The Hall–Kier alpha value is -2.37. The first-order valence-corrected chi connectivity index (χ1v) is 7.45. The molecule has 0 fully saturated rings. The van der Waals surface area contributed by atoms with E-state index in [0.717, 1.165) is 17.9 Å². The van der Waals surface area contributed by atoms with Crippen molar-refractivity contribution in [2.24, 2.45) is 5.92 Å². The predicted octanol–water partition coefficient (Wildman–Crippen LogP) is 2.39. The van der Waals surface area contributed by atoms with Gasteiger partial charge in [-0.15, -0.1) is 10.2 Å². The van der Waals surface area contributed by atoms with Crippen LogP contribution in [-0.2, 0) is 11.3 Å². The number of carbonyl (C=O) groups excluding carboxylic acids is 1. The summed E-state index contributed by atoms with van der Waals surface area (Å²) in [6.45, 7) is 7.64. The zero-order valence-electron chi connectivity index (χ0n) is 13.1. The molecule has 2 aromatic rings. The van der Waals surface area contributed by atoms with Crippen molar-refractivity contribution in [2.45, 2.75) is 27.3 Å². The Morgan fingerprint density at radius 3 is 2.64 bits per heavy atom. The molecule has 0 aliphatic carbocycles. The first-order chi connectivity index (χ1) is 10.5. The third-order valence-corrected chi connectivity index (χ3v) is 3.81. The van der Waals surface area contributed by atoms with Gasteiger partial charge in [-0.2, -0.15) is 0 Å². The fourth-order valence-corrected chi connectivity index (χ4v) is 2.91. The number of amides is 1. The number of anilines is 2. The summed E-state index contributed by atoms with van der Waals surface area (Å²) in [7, 11) is 0. The van der Waals surface area contributed by atoms with Crippen LogP contribution < -0.4 is 9.80 Å². The van der Waals surface area contributed by atoms with E-state index in [0.29, 0.717) is 30.8 Å². The first-order valence-electron chi connectivity index (χ1n) is 7.45. The molecule has 6 heteroatoms. The monoisotopic (exact) mass is 300 g/mol. The van der Waals surface area contributed by atoms with E-state index in [1.807, 2.05) is 29.2 Å². The molecule has 116 valence electrons. The van der Waals surface area contributed by atoms with Gasteiger partial charge in [-0.25, -0.2) is 0 Å². The lowest BCUT2D eigenvalue weighted by molar-refractivity contribution is -0.116. The number of aryl methyl sites for hydroxylation is 1. The van der Waals surface area contributed by atoms with E-state index in [1.165, 1.54) is 0 Å². The highest BCUT2D eigenvalue weighted by Gasteiger charge is 2.27. The average molecular weight is 300 g/mol. The van der Waals surface area contributed by atoms with Crippen molar-refractivity contribution in [3.05, 3.63) is 36.0 Å². The molecule has 0 bridgehead atoms. The summed E-state index contributed by atoms with van der Waals surface area (Å²) < 4.78 is 5.51. The van der Waals surface area contributed by atoms with Crippen molar-refractivity contribution in [1.29, 1.82) is 0 Å². The molecule has 0 spiro atoms. The minimum atomic E-state index is 0.0646. The van der Waals surface area contributed by atoms with Gasteiger partial charge < -0.3 is 14.2 Å². The van der Waals surface area contributed by atoms with Crippen LogP contribution in [0.25, 0.3) is 0 Å². The van der Waals surface area contributed by atoms with Crippen molar-refractivity contribution < 1.29 is 9.21 Å². The van der Waals surface area contributed by atoms with Crippen LogP contribution in [0, 0.1) is 12.8 Å². The quantitative estimate of drug-likeness (QED) is 0.852. The van der Waals surface area contributed by atoms with Crippen LogP contribution in [0.2, 0.25) is 0 Å². The molecule has 1 aromatic heterocycles. The topological polar surface area (TPSA) is 62.5 Å². The number of benzene rings is 1. The summed E-state index contributed by atoms with van der Waals surface area (Å²) in [6, 6.07) is 7.96. The van der Waals surface area contributed by atoms with Crippen molar-refractivity contribution in [3.8, 4) is 0 Å². The lowest BCUT2D eigenvalue weighted by atomic mass is 10.1. The fourth-order valence-electron chi connectivity index (χ4n) is 2.91. The van der Waals surface area contributed by atoms with Crippen LogP contribution >= 0.6 is 0 Å². The second kappa shape index (κ2) is 5.79. The second-order valence-corrected chi connectivity index (χ2v) is 5.82. The molecule has 0 saturated heterocycles. The van der Waals surface area contributed by atoms with Gasteiger partial charge in [0.1, 0.15) is 0 Å². The SMILES string of the molecule is CC(=O)N1CC(C)CN(Cc2nnc(C)o2)c2ccccc21. The van der Waals surface area contributed by atoms with E-state index >= 15 is 0 Å². The molecule has 1 aromatic carbocycles. The number of fused-ring (bicyclic) bond motifs is 1. The van der Waals surface area contributed by atoms with E-state index in [2.05, 4.69) is 22.0 Å². The molecule has 1 aliphatic rings. The Morgan fingerprint density at radius 1 is 1.27 bits per heavy atom. The molecule has 0 radical (unpaired) electrons. The fraction of sp³-hybridized carbons (Fsp3) is 0.438. The number of aromatic nitrogens is 2. The zero-order chi connectivity index (χ0) is 15.7. The van der Waals surface area contributed by atoms with Crippen molar-refractivity contribution in [3.63, 3.8) is 0 Å². The Kier molecular flexibility index (Phi) is 3.83. The van der Waals surface area contributed by atoms with E-state index in [-0.39, 0.29) is 5.91 Å². The van der Waals surface area contributed by atoms with Gasteiger partial charge in [0.25, 0.3) is 0 Å². The van der Waals surface area contributed by atoms with Gasteiger partial charge in [0.05, 0.1) is 17.9 Å². The van der Waals surface area contributed by atoms with E-state index < -0.39 is 0 Å². The Bertz CT molecular complexity index is 682. The van der Waals surface area contributed by atoms with E-state index in [1.54, 1.807) is 13.8 Å². The molecule has 0 saturated carbocycles. The highest BCUT2D eigenvalue weighted by atomic mass is 16.4. The first kappa shape index (κ1) is 14.6. The third-order valence-electron chi connectivity index (χ3n) is 3.81. The molecular weight excluding hydrogens is 280 g/mol. The standard InChI is InChI=1S/C16H20N4O2/c1-11-8-19(10-16-18-17-12(2)22-16)14-6-4-5-7-15(14)20(9-11)13(3)21/h4-7,11H,8-10H2,1-3H3. The van der Waals surface area contributed by atoms with Crippen LogP contribution in [-0.4, -0.2) is 29.2 Å². The summed E-state index contributed by atoms with van der Waals surface area (Å²) in [5.41, 5.74) is 1.97. The summed E-state index contributed by atoms with van der Waals surface area (Å²) in [6.07, 6.45) is 0. The number of rotatable bonds is 2. The molecule has 1 amide bonds. The van der Waals surface area contributed by atoms with E-state index in [9.17, 15) is 4.79 Å². The minimum absolute atomic E-state index is 0.0646. The molecular formula is C16H20N4O2. The lowest BCUT2D eigenvalue weighted by Gasteiger charge is -2.25. The number of carbonyl (C=O) groups is 1. The molecule has 1 unspecified atom stereocenters. The van der Waals surface area contributed by atoms with E-state index in [4.69, 9.17) is 4.42 Å². The van der Waals surface area contributed by atoms with Gasteiger partial charge in [0.2, 0.25) is 17.7 Å². The summed E-state index contributed by atoms with van der Waals surface area (Å²) in [4.78, 5) is 16.0. The predicted molar refractivity (Wildman–Crippen MR) is 83.7 cm³/mol. The highest BCUT2D eigenvalue weighted by molar-refractivity contribution is 5.95. The smallest absolute Gasteiger partial charge is 0.235 e. The molecule has 22 heavy (non-hydrogen) atoms. The Balaban J connectivity index is 1.98. The van der Waals surface area contributed by atoms with Crippen LogP contribution in [0.5, 0.6) is 0 Å². The molecule has 3 rings (SSSR count). The normalized spacial score (nSPS) is 18.0. The number of hydrogen-bond acceptors (Lipinski definition) is 5. The summed E-state index contributed by atoms with van der Waals surface area (Å²) in [5, 5.41) is 7.97. The summed E-state index contributed by atoms with van der Waals surface area (Å²) in [5.74, 6) is 1.57. The van der Waals surface area contributed by atoms with Gasteiger partial charge in [0.15, 0.2) is 0 Å². The zero-order valence-corrected chi connectivity index (χ0v) is 13.1. The van der Waals surface area contributed by atoms with Gasteiger partial charge in [-0.05, 0) is 18.1 Å². The van der Waals surface area contributed by atoms with Crippen LogP contribution in [0.3, 0.4) is 0 Å². The Morgan fingerprint density at radius 2 is 2.00 bits per heavy atom. The second-order valence-electron chi connectivity index (χ2n) is 5.82. The van der Waals surface area contributed by atoms with Crippen LogP contribution in [0.1, 0.15) is 25.6 Å². The maximum absolute atomic E-state index is 12.0. The molecule has 6 nitrogen and oxygen atoms in total. The average Bonchev–Trinajstić information content (AvgIpc) is 2.82. The van der Waals surface area contributed by atoms with Gasteiger partial charge in [-0.1, -0.05) is 19.1 Å². The largest absolute Gasteiger partial charge is 0.424 e. The third kappa shape index (κ3) is 2.81. The number of hydrogen-bond donors (Lipinski definition) is 0. The van der Waals surface area contributed by atoms with Crippen molar-refractivity contribution in [2.75, 3.05) is 22.9 Å². The molecule has 1 atom stereocenters. The summed E-state index contributed by atoms with van der Waals surface area (Å²) >= 11 is 0. The Labute approximate surface area is 129 Å². The minimum Gasteiger partial charge on any atom is -0.424 e. The highest BCUT2D eigenvalue weighted by Crippen LogP contribution is 2.34.